The number of hydrogen-bond acceptors (Lipinski definition) is 5. The number of hydrogen-bond donors (Lipinski definition) is 2. The summed E-state index contributed by atoms with van der Waals surface area (Å²) < 4.78 is 6.73. The number of ether oxygens (including phenoxy) is 1. The molecule has 3 heterocycles. The number of primary amides is 1. The molecule has 3 aromatic rings. The molecule has 2 aromatic carbocycles. The Labute approximate surface area is 191 Å². The smallest absolute Gasteiger partial charge is 0.277 e. The standard InChI is InChI=1S/C25H25N5O3/c1-33-19-11-9-18(10-12-19)30-23-20(22(28-30)24(26)31)13-15-29(25(23)32)17-7-5-16(6-8-17)21-4-2-3-14-27-21/h4-12,27H,2-3,13-15H2,1H3,(H2,26,31). The molecule has 2 aliphatic rings. The summed E-state index contributed by atoms with van der Waals surface area (Å²) in [5.74, 6) is -0.169. The van der Waals surface area contributed by atoms with E-state index in [2.05, 4.69) is 16.5 Å². The lowest BCUT2D eigenvalue weighted by Crippen LogP contribution is -2.39. The monoisotopic (exact) mass is 443 g/mol. The van der Waals surface area contributed by atoms with E-state index >= 15 is 0 Å². The number of anilines is 1. The third kappa shape index (κ3) is 3.73. The van der Waals surface area contributed by atoms with E-state index in [1.807, 2.05) is 24.3 Å². The van der Waals surface area contributed by atoms with Gasteiger partial charge in [0, 0.05) is 30.0 Å². The van der Waals surface area contributed by atoms with Crippen LogP contribution < -0.4 is 20.7 Å². The van der Waals surface area contributed by atoms with E-state index in [1.54, 1.807) is 36.3 Å². The van der Waals surface area contributed by atoms with Crippen molar-refractivity contribution in [3.8, 4) is 11.4 Å². The Morgan fingerprint density at radius 2 is 1.82 bits per heavy atom. The summed E-state index contributed by atoms with van der Waals surface area (Å²) in [6.07, 6.45) is 4.90. The fourth-order valence-corrected chi connectivity index (χ4v) is 4.40. The van der Waals surface area contributed by atoms with Crippen molar-refractivity contribution in [2.45, 2.75) is 19.3 Å². The van der Waals surface area contributed by atoms with Gasteiger partial charge in [-0.05, 0) is 61.2 Å². The number of carbonyl (C=O) groups excluding carboxylic acids is 2. The molecule has 8 heteroatoms. The molecule has 2 aliphatic heterocycles. The number of fused-ring (bicyclic) bond motifs is 1. The fraction of sp³-hybridized carbons (Fsp3) is 0.240. The van der Waals surface area contributed by atoms with Gasteiger partial charge in [0.25, 0.3) is 11.8 Å². The van der Waals surface area contributed by atoms with E-state index in [0.29, 0.717) is 35.7 Å². The van der Waals surface area contributed by atoms with E-state index in [0.717, 1.165) is 36.3 Å². The summed E-state index contributed by atoms with van der Waals surface area (Å²) in [6.45, 7) is 1.42. The Bertz CT molecular complexity index is 1240. The minimum absolute atomic E-state index is 0.138. The van der Waals surface area contributed by atoms with E-state index in [1.165, 1.54) is 4.68 Å². The molecule has 2 amide bonds. The number of benzene rings is 2. The number of amides is 2. The number of aromatic nitrogens is 2. The largest absolute Gasteiger partial charge is 0.497 e. The van der Waals surface area contributed by atoms with Crippen LogP contribution in [0.15, 0.2) is 54.6 Å². The van der Waals surface area contributed by atoms with Crippen molar-refractivity contribution >= 4 is 23.2 Å². The minimum atomic E-state index is -0.641. The van der Waals surface area contributed by atoms with Crippen molar-refractivity contribution in [1.29, 1.82) is 0 Å². The molecule has 0 unspecified atom stereocenters. The molecule has 0 aliphatic carbocycles. The van der Waals surface area contributed by atoms with Gasteiger partial charge in [0.15, 0.2) is 5.69 Å². The number of nitrogens with two attached hydrogens (primary N) is 1. The third-order valence-electron chi connectivity index (χ3n) is 6.10. The Kier molecular flexibility index (Phi) is 5.34. The van der Waals surface area contributed by atoms with Gasteiger partial charge in [0.1, 0.15) is 11.4 Å². The van der Waals surface area contributed by atoms with Crippen molar-refractivity contribution in [2.24, 2.45) is 5.73 Å². The predicted octanol–water partition coefficient (Wildman–Crippen LogP) is 2.91. The van der Waals surface area contributed by atoms with Crippen LogP contribution in [0.25, 0.3) is 11.4 Å². The average molecular weight is 444 g/mol. The van der Waals surface area contributed by atoms with Crippen molar-refractivity contribution in [3.63, 3.8) is 0 Å². The molecular weight excluding hydrogens is 418 g/mol. The molecule has 0 fully saturated rings. The molecule has 0 bridgehead atoms. The Hall–Kier alpha value is -4.07. The maximum absolute atomic E-state index is 13.6. The lowest BCUT2D eigenvalue weighted by atomic mass is 10.0. The second-order valence-electron chi connectivity index (χ2n) is 8.09. The quantitative estimate of drug-likeness (QED) is 0.631. The first-order valence-corrected chi connectivity index (χ1v) is 11.0. The van der Waals surface area contributed by atoms with Gasteiger partial charge in [0.05, 0.1) is 12.8 Å². The van der Waals surface area contributed by atoms with Crippen LogP contribution in [0.1, 0.15) is 44.9 Å². The van der Waals surface area contributed by atoms with Crippen molar-refractivity contribution in [1.82, 2.24) is 15.1 Å². The van der Waals surface area contributed by atoms with Crippen LogP contribution >= 0.6 is 0 Å². The van der Waals surface area contributed by atoms with Crippen LogP contribution in [0.4, 0.5) is 5.69 Å². The Balaban J connectivity index is 1.51. The van der Waals surface area contributed by atoms with Gasteiger partial charge >= 0.3 is 0 Å². The van der Waals surface area contributed by atoms with Gasteiger partial charge in [-0.15, -0.1) is 0 Å². The minimum Gasteiger partial charge on any atom is -0.497 e. The lowest BCUT2D eigenvalue weighted by Gasteiger charge is -2.28. The number of allylic oxidation sites excluding steroid dienone is 1. The second kappa shape index (κ2) is 8.46. The first-order valence-electron chi connectivity index (χ1n) is 11.0. The van der Waals surface area contributed by atoms with Gasteiger partial charge in [-0.1, -0.05) is 18.2 Å². The van der Waals surface area contributed by atoms with Crippen LogP contribution in [0.2, 0.25) is 0 Å². The van der Waals surface area contributed by atoms with Crippen molar-refractivity contribution in [3.05, 3.63) is 77.1 Å². The maximum atomic E-state index is 13.6. The molecule has 5 rings (SSSR count). The summed E-state index contributed by atoms with van der Waals surface area (Å²) in [6, 6.07) is 15.1. The first-order chi connectivity index (χ1) is 16.1. The van der Waals surface area contributed by atoms with Gasteiger partial charge in [-0.25, -0.2) is 4.68 Å². The summed E-state index contributed by atoms with van der Waals surface area (Å²) >= 11 is 0. The summed E-state index contributed by atoms with van der Waals surface area (Å²) in [5.41, 5.74) is 10.4. The molecule has 0 spiro atoms. The molecule has 1 aromatic heterocycles. The fourth-order valence-electron chi connectivity index (χ4n) is 4.40. The molecule has 168 valence electrons. The van der Waals surface area contributed by atoms with Crippen LogP contribution in [-0.2, 0) is 6.42 Å². The van der Waals surface area contributed by atoms with E-state index in [4.69, 9.17) is 10.5 Å². The molecule has 33 heavy (non-hydrogen) atoms. The highest BCUT2D eigenvalue weighted by Crippen LogP contribution is 2.30. The van der Waals surface area contributed by atoms with Gasteiger partial charge < -0.3 is 20.7 Å². The maximum Gasteiger partial charge on any atom is 0.277 e. The Morgan fingerprint density at radius 1 is 1.09 bits per heavy atom. The molecule has 0 atom stereocenters. The molecular formula is C25H25N5O3. The summed E-state index contributed by atoms with van der Waals surface area (Å²) in [7, 11) is 1.59. The number of carbonyl (C=O) groups is 2. The van der Waals surface area contributed by atoms with E-state index in [9.17, 15) is 9.59 Å². The topological polar surface area (TPSA) is 102 Å². The highest BCUT2D eigenvalue weighted by atomic mass is 16.5. The summed E-state index contributed by atoms with van der Waals surface area (Å²) in [4.78, 5) is 27.4. The van der Waals surface area contributed by atoms with Gasteiger partial charge in [-0.2, -0.15) is 5.10 Å². The van der Waals surface area contributed by atoms with Gasteiger partial charge in [-0.3, -0.25) is 9.59 Å². The first kappa shape index (κ1) is 20.8. The van der Waals surface area contributed by atoms with Crippen molar-refractivity contribution < 1.29 is 14.3 Å². The summed E-state index contributed by atoms with van der Waals surface area (Å²) in [5, 5.41) is 7.83. The molecule has 0 saturated heterocycles. The van der Waals surface area contributed by atoms with Crippen LogP contribution in [-0.4, -0.2) is 41.8 Å². The second-order valence-corrected chi connectivity index (χ2v) is 8.09. The molecule has 0 saturated carbocycles. The predicted molar refractivity (Wildman–Crippen MR) is 126 cm³/mol. The highest BCUT2D eigenvalue weighted by Gasteiger charge is 2.34. The van der Waals surface area contributed by atoms with Gasteiger partial charge in [0.2, 0.25) is 0 Å². The van der Waals surface area contributed by atoms with E-state index in [-0.39, 0.29) is 11.6 Å². The molecule has 3 N–H and O–H groups in total. The normalized spacial score (nSPS) is 15.5. The van der Waals surface area contributed by atoms with Crippen molar-refractivity contribution in [2.75, 3.05) is 25.1 Å². The number of nitrogens with one attached hydrogen (secondary N) is 1. The zero-order valence-electron chi connectivity index (χ0n) is 18.4. The Morgan fingerprint density at radius 3 is 2.45 bits per heavy atom. The number of rotatable bonds is 5. The molecule has 0 radical (unpaired) electrons. The van der Waals surface area contributed by atoms with E-state index < -0.39 is 5.91 Å². The third-order valence-corrected chi connectivity index (χ3v) is 6.10. The van der Waals surface area contributed by atoms with Crippen LogP contribution in [0, 0.1) is 0 Å². The van der Waals surface area contributed by atoms with Crippen LogP contribution in [0.3, 0.4) is 0 Å². The lowest BCUT2D eigenvalue weighted by molar-refractivity contribution is 0.0972. The zero-order valence-corrected chi connectivity index (χ0v) is 18.4. The van der Waals surface area contributed by atoms with Crippen LogP contribution in [0.5, 0.6) is 5.75 Å². The average Bonchev–Trinajstić information content (AvgIpc) is 3.26. The number of methoxy groups -OCH3 is 1. The number of nitrogens with zero attached hydrogens (tertiary/aromatic N) is 3. The SMILES string of the molecule is COc1ccc(-n2nc(C(N)=O)c3c2C(=O)N(c2ccc(C4=CCCCN4)cc2)CC3)cc1. The highest BCUT2D eigenvalue weighted by molar-refractivity contribution is 6.09. The zero-order chi connectivity index (χ0) is 22.9. The molecule has 8 nitrogen and oxygen atoms in total.